The second-order valence-electron chi connectivity index (χ2n) is 3.64. The Morgan fingerprint density at radius 3 is 2.36 bits per heavy atom. The van der Waals surface area contributed by atoms with Crippen molar-refractivity contribution < 1.29 is 14.3 Å². The molecule has 0 aromatic rings. The van der Waals surface area contributed by atoms with E-state index >= 15 is 0 Å². The maximum Gasteiger partial charge on any atom is 0.323 e. The van der Waals surface area contributed by atoms with E-state index in [1.165, 1.54) is 0 Å². The Hall–Kier alpha value is -0.610. The summed E-state index contributed by atoms with van der Waals surface area (Å²) in [6, 6.07) is -0.502. The first-order valence-corrected chi connectivity index (χ1v) is 5.00. The van der Waals surface area contributed by atoms with Crippen molar-refractivity contribution in [2.24, 2.45) is 11.7 Å². The van der Waals surface area contributed by atoms with Crippen LogP contribution in [0.2, 0.25) is 0 Å². The van der Waals surface area contributed by atoms with Crippen LogP contribution in [0.15, 0.2) is 0 Å². The summed E-state index contributed by atoms with van der Waals surface area (Å²) in [6.45, 7) is 4.93. The quantitative estimate of drug-likeness (QED) is 0.494. The van der Waals surface area contributed by atoms with Crippen molar-refractivity contribution in [2.45, 2.75) is 32.7 Å². The minimum Gasteiger partial charge on any atom is -0.465 e. The monoisotopic (exact) mass is 203 g/mol. The van der Waals surface area contributed by atoms with Gasteiger partial charge < -0.3 is 15.2 Å². The van der Waals surface area contributed by atoms with E-state index in [0.717, 1.165) is 12.8 Å². The zero-order chi connectivity index (χ0) is 11.0. The van der Waals surface area contributed by atoms with Crippen LogP contribution in [-0.4, -0.2) is 32.3 Å². The van der Waals surface area contributed by atoms with Gasteiger partial charge in [-0.3, -0.25) is 4.79 Å². The van der Waals surface area contributed by atoms with Crippen LogP contribution in [0.3, 0.4) is 0 Å². The van der Waals surface area contributed by atoms with Crippen LogP contribution in [0.25, 0.3) is 0 Å². The number of methoxy groups -OCH3 is 1. The van der Waals surface area contributed by atoms with E-state index < -0.39 is 6.04 Å². The van der Waals surface area contributed by atoms with Gasteiger partial charge in [0.15, 0.2) is 0 Å². The Bertz CT molecular complexity index is 159. The molecular formula is C10H21NO3. The van der Waals surface area contributed by atoms with E-state index in [9.17, 15) is 4.79 Å². The number of ether oxygens (including phenoxy) is 2. The van der Waals surface area contributed by atoms with Gasteiger partial charge in [-0.05, 0) is 18.8 Å². The minimum atomic E-state index is -0.502. The lowest BCUT2D eigenvalue weighted by molar-refractivity contribution is -0.146. The molecule has 0 aromatic carbocycles. The Morgan fingerprint density at radius 1 is 1.29 bits per heavy atom. The molecule has 0 fully saturated rings. The molecule has 0 aromatic heterocycles. The predicted octanol–water partition coefficient (Wildman–Crippen LogP) is 0.940. The van der Waals surface area contributed by atoms with E-state index in [-0.39, 0.29) is 11.9 Å². The molecule has 0 saturated heterocycles. The summed E-state index contributed by atoms with van der Waals surface area (Å²) in [6.07, 6.45) is 1.73. The maximum absolute atomic E-state index is 11.2. The molecule has 1 atom stereocenters. The van der Waals surface area contributed by atoms with Gasteiger partial charge in [-0.2, -0.15) is 0 Å². The fourth-order valence-corrected chi connectivity index (χ4v) is 0.890. The fourth-order valence-electron chi connectivity index (χ4n) is 0.890. The van der Waals surface area contributed by atoms with Crippen molar-refractivity contribution in [1.29, 1.82) is 0 Å². The van der Waals surface area contributed by atoms with Gasteiger partial charge in [0.2, 0.25) is 0 Å². The summed E-state index contributed by atoms with van der Waals surface area (Å²) in [5, 5.41) is 0. The molecule has 0 amide bonds. The second kappa shape index (κ2) is 7.76. The molecule has 0 radical (unpaired) electrons. The summed E-state index contributed by atoms with van der Waals surface area (Å²) < 4.78 is 9.86. The normalized spacial score (nSPS) is 12.9. The average molecular weight is 203 g/mol. The van der Waals surface area contributed by atoms with Crippen LogP contribution in [-0.2, 0) is 14.3 Å². The standard InChI is InChI=1S/C10H21NO3/c1-8(2)9(11)10(12)14-7-5-4-6-13-3/h8-9H,4-7,11H2,1-3H3. The van der Waals surface area contributed by atoms with Crippen molar-refractivity contribution in [3.63, 3.8) is 0 Å². The minimum absolute atomic E-state index is 0.126. The third kappa shape index (κ3) is 5.94. The summed E-state index contributed by atoms with van der Waals surface area (Å²) >= 11 is 0. The third-order valence-electron chi connectivity index (χ3n) is 1.98. The molecule has 0 rings (SSSR count). The molecule has 0 aliphatic heterocycles. The average Bonchev–Trinajstić information content (AvgIpc) is 2.16. The van der Waals surface area contributed by atoms with Crippen molar-refractivity contribution in [1.82, 2.24) is 0 Å². The van der Waals surface area contributed by atoms with Crippen molar-refractivity contribution in [3.05, 3.63) is 0 Å². The third-order valence-corrected chi connectivity index (χ3v) is 1.98. The first-order chi connectivity index (χ1) is 6.59. The van der Waals surface area contributed by atoms with Crippen molar-refractivity contribution in [3.8, 4) is 0 Å². The Kier molecular flexibility index (Phi) is 7.42. The van der Waals surface area contributed by atoms with Gasteiger partial charge in [0.05, 0.1) is 6.61 Å². The van der Waals surface area contributed by atoms with Crippen LogP contribution in [0.1, 0.15) is 26.7 Å². The number of carbonyl (C=O) groups excluding carboxylic acids is 1. The molecule has 0 spiro atoms. The van der Waals surface area contributed by atoms with Gasteiger partial charge in [0.1, 0.15) is 6.04 Å². The highest BCUT2D eigenvalue weighted by Crippen LogP contribution is 2.01. The fraction of sp³-hybridized carbons (Fsp3) is 0.900. The summed E-state index contributed by atoms with van der Waals surface area (Å²) in [5.74, 6) is -0.182. The lowest BCUT2D eigenvalue weighted by Crippen LogP contribution is -2.37. The molecule has 84 valence electrons. The molecule has 0 aliphatic rings. The van der Waals surface area contributed by atoms with Gasteiger partial charge in [0, 0.05) is 13.7 Å². The van der Waals surface area contributed by atoms with E-state index in [0.29, 0.717) is 13.2 Å². The first-order valence-electron chi connectivity index (χ1n) is 5.00. The van der Waals surface area contributed by atoms with Crippen LogP contribution in [0, 0.1) is 5.92 Å². The van der Waals surface area contributed by atoms with Crippen LogP contribution in [0.5, 0.6) is 0 Å². The number of esters is 1. The molecule has 4 nitrogen and oxygen atoms in total. The van der Waals surface area contributed by atoms with Crippen molar-refractivity contribution >= 4 is 5.97 Å². The van der Waals surface area contributed by atoms with Gasteiger partial charge in [-0.25, -0.2) is 0 Å². The maximum atomic E-state index is 11.2. The van der Waals surface area contributed by atoms with Gasteiger partial charge >= 0.3 is 5.97 Å². The number of hydrogen-bond acceptors (Lipinski definition) is 4. The molecule has 0 saturated carbocycles. The Morgan fingerprint density at radius 2 is 1.86 bits per heavy atom. The van der Waals surface area contributed by atoms with Gasteiger partial charge in [0.25, 0.3) is 0 Å². The van der Waals surface area contributed by atoms with E-state index in [2.05, 4.69) is 0 Å². The summed E-state index contributed by atoms with van der Waals surface area (Å²) in [7, 11) is 1.65. The van der Waals surface area contributed by atoms with Crippen LogP contribution >= 0.6 is 0 Å². The highest BCUT2D eigenvalue weighted by molar-refractivity contribution is 5.75. The number of hydrogen-bond donors (Lipinski definition) is 1. The van der Waals surface area contributed by atoms with Gasteiger partial charge in [-0.15, -0.1) is 0 Å². The predicted molar refractivity (Wildman–Crippen MR) is 54.9 cm³/mol. The molecule has 14 heavy (non-hydrogen) atoms. The molecule has 0 bridgehead atoms. The lowest BCUT2D eigenvalue weighted by atomic mass is 10.1. The number of nitrogens with two attached hydrogens (primary N) is 1. The summed E-state index contributed by atoms with van der Waals surface area (Å²) in [4.78, 5) is 11.2. The highest BCUT2D eigenvalue weighted by Gasteiger charge is 2.18. The lowest BCUT2D eigenvalue weighted by Gasteiger charge is -2.14. The topological polar surface area (TPSA) is 61.5 Å². The zero-order valence-corrected chi connectivity index (χ0v) is 9.29. The Balaban J connectivity index is 3.44. The number of unbranched alkanes of at least 4 members (excludes halogenated alkanes) is 1. The first kappa shape index (κ1) is 13.4. The van der Waals surface area contributed by atoms with Crippen molar-refractivity contribution in [2.75, 3.05) is 20.3 Å². The largest absolute Gasteiger partial charge is 0.465 e. The molecule has 0 heterocycles. The SMILES string of the molecule is COCCCCOC(=O)C(N)C(C)C. The molecular weight excluding hydrogens is 182 g/mol. The summed E-state index contributed by atoms with van der Waals surface area (Å²) in [5.41, 5.74) is 5.60. The zero-order valence-electron chi connectivity index (χ0n) is 9.29. The van der Waals surface area contributed by atoms with Crippen LogP contribution < -0.4 is 5.73 Å². The molecule has 1 unspecified atom stereocenters. The van der Waals surface area contributed by atoms with Crippen LogP contribution in [0.4, 0.5) is 0 Å². The van der Waals surface area contributed by atoms with Gasteiger partial charge in [-0.1, -0.05) is 13.8 Å². The van der Waals surface area contributed by atoms with E-state index in [1.54, 1.807) is 7.11 Å². The second-order valence-corrected chi connectivity index (χ2v) is 3.64. The molecule has 0 aliphatic carbocycles. The number of carbonyl (C=O) groups is 1. The highest BCUT2D eigenvalue weighted by atomic mass is 16.5. The number of rotatable bonds is 7. The molecule has 2 N–H and O–H groups in total. The van der Waals surface area contributed by atoms with E-state index in [1.807, 2.05) is 13.8 Å². The smallest absolute Gasteiger partial charge is 0.323 e. The Labute approximate surface area is 85.8 Å². The molecule has 4 heteroatoms. The van der Waals surface area contributed by atoms with E-state index in [4.69, 9.17) is 15.2 Å².